The third-order valence-electron chi connectivity index (χ3n) is 4.16. The van der Waals surface area contributed by atoms with E-state index >= 15 is 0 Å². The van der Waals surface area contributed by atoms with Crippen molar-refractivity contribution in [3.05, 3.63) is 60.2 Å². The molecule has 0 aliphatic carbocycles. The molecule has 0 radical (unpaired) electrons. The molecule has 0 saturated carbocycles. The minimum atomic E-state index is -0.776. The number of hydrogen-bond donors (Lipinski definition) is 0. The van der Waals surface area contributed by atoms with Crippen LogP contribution in [-0.4, -0.2) is 23.9 Å². The summed E-state index contributed by atoms with van der Waals surface area (Å²) in [6, 6.07) is 15.1. The number of anilines is 2. The minimum Gasteiger partial charge on any atom is -0.271 e. The SMILES string of the molecule is Cc1ccccc1N1C(=O)[C@H]2N=NN(c3ccccc3)[C@H]2C1=O. The first-order valence-electron chi connectivity index (χ1n) is 7.37. The van der Waals surface area contributed by atoms with Crippen molar-refractivity contribution in [2.45, 2.75) is 19.0 Å². The van der Waals surface area contributed by atoms with Crippen molar-refractivity contribution in [2.75, 3.05) is 9.91 Å². The van der Waals surface area contributed by atoms with Crippen LogP contribution in [-0.2, 0) is 9.59 Å². The van der Waals surface area contributed by atoms with Gasteiger partial charge in [0.15, 0.2) is 12.1 Å². The fraction of sp³-hybridized carbons (Fsp3) is 0.176. The molecule has 1 saturated heterocycles. The zero-order valence-corrected chi connectivity index (χ0v) is 12.5. The lowest BCUT2D eigenvalue weighted by atomic mass is 10.1. The topological polar surface area (TPSA) is 65.3 Å². The Morgan fingerprint density at radius 1 is 0.913 bits per heavy atom. The number of carbonyl (C=O) groups excluding carboxylic acids is 2. The maximum atomic E-state index is 12.9. The van der Waals surface area contributed by atoms with Crippen molar-refractivity contribution in [1.29, 1.82) is 0 Å². The molecule has 4 rings (SSSR count). The van der Waals surface area contributed by atoms with Crippen LogP contribution < -0.4 is 9.91 Å². The zero-order valence-electron chi connectivity index (χ0n) is 12.5. The summed E-state index contributed by atoms with van der Waals surface area (Å²) in [5.74, 6) is -0.611. The summed E-state index contributed by atoms with van der Waals surface area (Å²) >= 11 is 0. The van der Waals surface area contributed by atoms with E-state index in [1.807, 2.05) is 55.5 Å². The van der Waals surface area contributed by atoms with Crippen molar-refractivity contribution in [1.82, 2.24) is 0 Å². The van der Waals surface area contributed by atoms with Crippen LogP contribution in [0.1, 0.15) is 5.56 Å². The second kappa shape index (κ2) is 5.01. The van der Waals surface area contributed by atoms with Gasteiger partial charge in [0.25, 0.3) is 11.8 Å². The monoisotopic (exact) mass is 306 g/mol. The zero-order chi connectivity index (χ0) is 16.0. The predicted molar refractivity (Wildman–Crippen MR) is 85.0 cm³/mol. The third-order valence-corrected chi connectivity index (χ3v) is 4.16. The van der Waals surface area contributed by atoms with E-state index in [4.69, 9.17) is 0 Å². The summed E-state index contributed by atoms with van der Waals surface area (Å²) in [6.45, 7) is 1.88. The molecule has 2 aromatic rings. The number of fused-ring (bicyclic) bond motifs is 1. The van der Waals surface area contributed by atoms with Gasteiger partial charge in [-0.2, -0.15) is 5.11 Å². The van der Waals surface area contributed by atoms with E-state index in [0.717, 1.165) is 11.3 Å². The van der Waals surface area contributed by atoms with Gasteiger partial charge in [-0.3, -0.25) is 9.59 Å². The third kappa shape index (κ3) is 1.95. The number of benzene rings is 2. The molecule has 0 spiro atoms. The molecule has 2 aliphatic rings. The van der Waals surface area contributed by atoms with Gasteiger partial charge in [0, 0.05) is 0 Å². The Kier molecular flexibility index (Phi) is 2.97. The Hall–Kier alpha value is -3.02. The summed E-state index contributed by atoms with van der Waals surface area (Å²) in [5, 5.41) is 9.59. The maximum absolute atomic E-state index is 12.9. The average molecular weight is 306 g/mol. The quantitative estimate of drug-likeness (QED) is 0.801. The number of carbonyl (C=O) groups is 2. The van der Waals surface area contributed by atoms with E-state index in [1.54, 1.807) is 6.07 Å². The number of imide groups is 1. The van der Waals surface area contributed by atoms with Gasteiger partial charge in [0.2, 0.25) is 0 Å². The molecule has 6 heteroatoms. The molecule has 23 heavy (non-hydrogen) atoms. The Bertz CT molecular complexity index is 818. The van der Waals surface area contributed by atoms with Gasteiger partial charge in [-0.15, -0.1) is 0 Å². The fourth-order valence-electron chi connectivity index (χ4n) is 3.01. The summed E-state index contributed by atoms with van der Waals surface area (Å²) in [6.07, 6.45) is 0. The van der Waals surface area contributed by atoms with Crippen LogP contribution in [0.5, 0.6) is 0 Å². The number of amides is 2. The second-order valence-corrected chi connectivity index (χ2v) is 5.57. The molecule has 2 aliphatic heterocycles. The van der Waals surface area contributed by atoms with Gasteiger partial charge in [-0.05, 0) is 30.7 Å². The number of hydrogen-bond acceptors (Lipinski definition) is 5. The molecule has 2 aromatic carbocycles. The standard InChI is InChI=1S/C17H14N4O2/c1-11-7-5-6-10-13(11)20-16(22)14-15(17(20)23)21(19-18-14)12-8-3-2-4-9-12/h2-10,14-15H,1H3/t14-,15+/m0/s1. The van der Waals surface area contributed by atoms with E-state index in [-0.39, 0.29) is 11.8 Å². The largest absolute Gasteiger partial charge is 0.271 e. The normalized spacial score (nSPS) is 22.8. The van der Waals surface area contributed by atoms with E-state index in [2.05, 4.69) is 10.3 Å². The highest BCUT2D eigenvalue weighted by Crippen LogP contribution is 2.35. The summed E-state index contributed by atoms with van der Waals surface area (Å²) in [7, 11) is 0. The lowest BCUT2D eigenvalue weighted by molar-refractivity contribution is -0.121. The smallest absolute Gasteiger partial charge is 0.263 e. The first-order valence-corrected chi connectivity index (χ1v) is 7.37. The molecule has 6 nitrogen and oxygen atoms in total. The van der Waals surface area contributed by atoms with Gasteiger partial charge in [0.1, 0.15) is 0 Å². The van der Waals surface area contributed by atoms with Crippen LogP contribution >= 0.6 is 0 Å². The number of rotatable bonds is 2. The van der Waals surface area contributed by atoms with Crippen LogP contribution in [0.2, 0.25) is 0 Å². The number of nitrogens with zero attached hydrogens (tertiary/aromatic N) is 4. The molecule has 2 heterocycles. The van der Waals surface area contributed by atoms with Gasteiger partial charge in [-0.25, -0.2) is 9.91 Å². The molecule has 114 valence electrons. The molecular weight excluding hydrogens is 292 g/mol. The summed E-state index contributed by atoms with van der Waals surface area (Å²) < 4.78 is 0. The summed E-state index contributed by atoms with van der Waals surface area (Å²) in [4.78, 5) is 26.8. The highest BCUT2D eigenvalue weighted by molar-refractivity contribution is 6.26. The van der Waals surface area contributed by atoms with E-state index in [0.29, 0.717) is 5.69 Å². The van der Waals surface area contributed by atoms with Gasteiger partial charge in [-0.1, -0.05) is 41.6 Å². The number of aryl methyl sites for hydroxylation is 1. The highest BCUT2D eigenvalue weighted by Gasteiger charge is 2.55. The molecule has 0 unspecified atom stereocenters. The van der Waals surface area contributed by atoms with Crippen LogP contribution in [0, 0.1) is 6.92 Å². The Labute approximate surface area is 133 Å². The van der Waals surface area contributed by atoms with Crippen LogP contribution in [0.3, 0.4) is 0 Å². The first kappa shape index (κ1) is 13.6. The van der Waals surface area contributed by atoms with E-state index < -0.39 is 12.1 Å². The van der Waals surface area contributed by atoms with E-state index in [9.17, 15) is 9.59 Å². The molecule has 0 N–H and O–H groups in total. The predicted octanol–water partition coefficient (Wildman–Crippen LogP) is 2.49. The number of para-hydroxylation sites is 2. The lowest BCUT2D eigenvalue weighted by Gasteiger charge is -2.21. The maximum Gasteiger partial charge on any atom is 0.263 e. The first-order chi connectivity index (χ1) is 11.2. The molecule has 0 aromatic heterocycles. The second-order valence-electron chi connectivity index (χ2n) is 5.57. The lowest BCUT2D eigenvalue weighted by Crippen LogP contribution is -2.40. The Morgan fingerprint density at radius 2 is 1.61 bits per heavy atom. The summed E-state index contributed by atoms with van der Waals surface area (Å²) in [5.41, 5.74) is 2.23. The van der Waals surface area contributed by atoms with Gasteiger partial charge in [0.05, 0.1) is 11.4 Å². The van der Waals surface area contributed by atoms with Crippen molar-refractivity contribution in [3.8, 4) is 0 Å². The van der Waals surface area contributed by atoms with Gasteiger partial charge < -0.3 is 0 Å². The molecular formula is C17H14N4O2. The Morgan fingerprint density at radius 3 is 2.35 bits per heavy atom. The van der Waals surface area contributed by atoms with Crippen molar-refractivity contribution >= 4 is 23.2 Å². The molecule has 0 bridgehead atoms. The van der Waals surface area contributed by atoms with Gasteiger partial charge >= 0.3 is 0 Å². The molecule has 1 fully saturated rings. The van der Waals surface area contributed by atoms with Crippen LogP contribution in [0.15, 0.2) is 64.9 Å². The minimum absolute atomic E-state index is 0.289. The van der Waals surface area contributed by atoms with Crippen molar-refractivity contribution < 1.29 is 9.59 Å². The average Bonchev–Trinajstić information content (AvgIpc) is 3.11. The van der Waals surface area contributed by atoms with E-state index in [1.165, 1.54) is 9.91 Å². The van der Waals surface area contributed by atoms with Crippen molar-refractivity contribution in [2.24, 2.45) is 10.3 Å². The van der Waals surface area contributed by atoms with Crippen LogP contribution in [0.4, 0.5) is 11.4 Å². The highest BCUT2D eigenvalue weighted by atomic mass is 16.2. The molecule has 2 amide bonds. The molecule has 2 atom stereocenters. The Balaban J connectivity index is 1.74. The van der Waals surface area contributed by atoms with Crippen molar-refractivity contribution in [3.63, 3.8) is 0 Å². The van der Waals surface area contributed by atoms with Crippen LogP contribution in [0.25, 0.3) is 0 Å². The fourth-order valence-corrected chi connectivity index (χ4v) is 3.01.